The van der Waals surface area contributed by atoms with Gasteiger partial charge in [-0.3, -0.25) is 4.90 Å². The van der Waals surface area contributed by atoms with Crippen molar-refractivity contribution < 1.29 is 9.84 Å². The minimum atomic E-state index is 0.0474. The molecule has 1 heterocycles. The van der Waals surface area contributed by atoms with Crippen LogP contribution in [0, 0.1) is 0 Å². The molecule has 2 rings (SSSR count). The van der Waals surface area contributed by atoms with E-state index in [0.29, 0.717) is 5.54 Å². The third-order valence-corrected chi connectivity index (χ3v) is 2.91. The fourth-order valence-electron chi connectivity index (χ4n) is 1.72. The van der Waals surface area contributed by atoms with Crippen LogP contribution in [-0.4, -0.2) is 48.5 Å². The van der Waals surface area contributed by atoms with E-state index in [1.54, 1.807) is 0 Å². The molecule has 64 valence electrons. The molecule has 0 aromatic carbocycles. The summed E-state index contributed by atoms with van der Waals surface area (Å²) in [6.07, 6.45) is 2.58. The normalized spacial score (nSPS) is 36.0. The van der Waals surface area contributed by atoms with Gasteiger partial charge in [-0.2, -0.15) is 0 Å². The quantitative estimate of drug-likeness (QED) is 0.574. The summed E-state index contributed by atoms with van der Waals surface area (Å²) in [5.41, 5.74) is 0.367. The first-order valence-corrected chi connectivity index (χ1v) is 4.20. The lowest BCUT2D eigenvalue weighted by Gasteiger charge is -2.37. The van der Waals surface area contributed by atoms with Gasteiger partial charge in [0.15, 0.2) is 0 Å². The maximum Gasteiger partial charge on any atom is 0.0933 e. The first kappa shape index (κ1) is 7.53. The molecule has 0 amide bonds. The average Bonchev–Trinajstić information content (AvgIpc) is 2.77. The zero-order valence-electron chi connectivity index (χ0n) is 6.92. The Morgan fingerprint density at radius 2 is 2.36 bits per heavy atom. The molecule has 1 aliphatic carbocycles. The average molecular weight is 157 g/mol. The first-order chi connectivity index (χ1) is 5.27. The number of hydrogen-bond acceptors (Lipinski definition) is 3. The molecule has 2 aliphatic rings. The zero-order chi connectivity index (χ0) is 7.90. The fourth-order valence-corrected chi connectivity index (χ4v) is 1.72. The first-order valence-electron chi connectivity index (χ1n) is 4.20. The molecule has 0 unspecified atom stereocenters. The lowest BCUT2D eigenvalue weighted by Crippen LogP contribution is -2.50. The summed E-state index contributed by atoms with van der Waals surface area (Å²) in [5.74, 6) is 0. The third-order valence-electron chi connectivity index (χ3n) is 2.91. The molecular formula is C8H15NO2. The molecule has 1 spiro atoms. The highest BCUT2D eigenvalue weighted by molar-refractivity contribution is 5.05. The fraction of sp³-hybridized carbons (Fsp3) is 1.00. The van der Waals surface area contributed by atoms with Crippen LogP contribution in [0.5, 0.6) is 0 Å². The molecular weight excluding hydrogens is 142 g/mol. The van der Waals surface area contributed by atoms with E-state index >= 15 is 0 Å². The molecule has 11 heavy (non-hydrogen) atoms. The Bertz CT molecular complexity index is 156. The van der Waals surface area contributed by atoms with E-state index in [2.05, 4.69) is 11.9 Å². The van der Waals surface area contributed by atoms with E-state index in [-0.39, 0.29) is 12.7 Å². The molecule has 0 bridgehead atoms. The number of aliphatic hydroxyl groups excluding tert-OH is 1. The van der Waals surface area contributed by atoms with Gasteiger partial charge in [-0.15, -0.1) is 0 Å². The largest absolute Gasteiger partial charge is 0.394 e. The summed E-state index contributed by atoms with van der Waals surface area (Å²) in [4.78, 5) is 2.33. The van der Waals surface area contributed by atoms with Crippen LogP contribution in [0.15, 0.2) is 0 Å². The molecule has 2 fully saturated rings. The van der Waals surface area contributed by atoms with E-state index in [4.69, 9.17) is 9.84 Å². The van der Waals surface area contributed by atoms with Gasteiger partial charge in [0, 0.05) is 12.1 Å². The number of aliphatic hydroxyl groups is 1. The second kappa shape index (κ2) is 2.44. The van der Waals surface area contributed by atoms with Crippen LogP contribution in [-0.2, 0) is 4.74 Å². The highest BCUT2D eigenvalue weighted by Crippen LogP contribution is 2.43. The minimum Gasteiger partial charge on any atom is -0.394 e. The van der Waals surface area contributed by atoms with Crippen molar-refractivity contribution in [3.05, 3.63) is 0 Å². The Hall–Kier alpha value is -0.120. The van der Waals surface area contributed by atoms with Crippen molar-refractivity contribution >= 4 is 0 Å². The van der Waals surface area contributed by atoms with Gasteiger partial charge < -0.3 is 9.84 Å². The summed E-state index contributed by atoms with van der Waals surface area (Å²) >= 11 is 0. The zero-order valence-corrected chi connectivity index (χ0v) is 6.92. The summed E-state index contributed by atoms with van der Waals surface area (Å²) < 4.78 is 5.48. The number of nitrogens with zero attached hydrogens (tertiary/aromatic N) is 1. The van der Waals surface area contributed by atoms with Crippen molar-refractivity contribution in [3.63, 3.8) is 0 Å². The van der Waals surface area contributed by atoms with Gasteiger partial charge >= 0.3 is 0 Å². The molecule has 1 N–H and O–H groups in total. The molecule has 3 heteroatoms. The number of rotatable bonds is 1. The lowest BCUT2D eigenvalue weighted by atomic mass is 10.2. The van der Waals surface area contributed by atoms with Gasteiger partial charge in [0.1, 0.15) is 0 Å². The van der Waals surface area contributed by atoms with E-state index in [0.717, 1.165) is 13.2 Å². The van der Waals surface area contributed by atoms with Crippen molar-refractivity contribution in [1.82, 2.24) is 4.90 Å². The summed E-state index contributed by atoms with van der Waals surface area (Å²) in [5, 5.41) is 8.85. The van der Waals surface area contributed by atoms with Gasteiger partial charge in [0.25, 0.3) is 0 Å². The second-order valence-corrected chi connectivity index (χ2v) is 3.72. The van der Waals surface area contributed by atoms with Gasteiger partial charge in [0.05, 0.1) is 19.3 Å². The van der Waals surface area contributed by atoms with Crippen molar-refractivity contribution in [2.45, 2.75) is 24.5 Å². The maximum atomic E-state index is 8.85. The molecule has 0 radical (unpaired) electrons. The predicted octanol–water partition coefficient (Wildman–Crippen LogP) is -0.158. The molecule has 0 aromatic heterocycles. The maximum absolute atomic E-state index is 8.85. The van der Waals surface area contributed by atoms with Crippen molar-refractivity contribution in [3.8, 4) is 0 Å². The van der Waals surface area contributed by atoms with Gasteiger partial charge in [-0.25, -0.2) is 0 Å². The van der Waals surface area contributed by atoms with Gasteiger partial charge in [0.2, 0.25) is 0 Å². The van der Waals surface area contributed by atoms with Crippen LogP contribution in [0.25, 0.3) is 0 Å². The smallest absolute Gasteiger partial charge is 0.0933 e. The van der Waals surface area contributed by atoms with Gasteiger partial charge in [-0.1, -0.05) is 0 Å². The topological polar surface area (TPSA) is 32.7 Å². The monoisotopic (exact) mass is 157 g/mol. The Kier molecular flexibility index (Phi) is 1.67. The molecule has 1 atom stereocenters. The van der Waals surface area contributed by atoms with Crippen LogP contribution in [0.4, 0.5) is 0 Å². The van der Waals surface area contributed by atoms with Crippen LogP contribution in [0.1, 0.15) is 12.8 Å². The van der Waals surface area contributed by atoms with Crippen molar-refractivity contribution in [2.24, 2.45) is 0 Å². The van der Waals surface area contributed by atoms with E-state index < -0.39 is 0 Å². The minimum absolute atomic E-state index is 0.0474. The van der Waals surface area contributed by atoms with Crippen LogP contribution < -0.4 is 0 Å². The molecule has 1 saturated carbocycles. The SMILES string of the molecule is CN1C[C@H](CO)OCC12CC2. The molecule has 3 nitrogen and oxygen atoms in total. The van der Waals surface area contributed by atoms with E-state index in [1.807, 2.05) is 0 Å². The molecule has 1 aliphatic heterocycles. The van der Waals surface area contributed by atoms with Crippen LogP contribution in [0.2, 0.25) is 0 Å². The highest BCUT2D eigenvalue weighted by Gasteiger charge is 2.49. The van der Waals surface area contributed by atoms with Gasteiger partial charge in [-0.05, 0) is 19.9 Å². The number of likely N-dealkylation sites (N-methyl/N-ethyl adjacent to an activating group) is 1. The third kappa shape index (κ3) is 1.17. The summed E-state index contributed by atoms with van der Waals surface area (Å²) in [7, 11) is 2.12. The Morgan fingerprint density at radius 1 is 1.64 bits per heavy atom. The Labute approximate surface area is 66.9 Å². The lowest BCUT2D eigenvalue weighted by molar-refractivity contribution is -0.0828. The summed E-state index contributed by atoms with van der Waals surface area (Å²) in [6.45, 7) is 1.85. The van der Waals surface area contributed by atoms with Crippen molar-refractivity contribution in [1.29, 1.82) is 0 Å². The molecule has 0 aromatic rings. The van der Waals surface area contributed by atoms with E-state index in [1.165, 1.54) is 12.8 Å². The number of morpholine rings is 1. The van der Waals surface area contributed by atoms with E-state index in [9.17, 15) is 0 Å². The van der Waals surface area contributed by atoms with Crippen LogP contribution in [0.3, 0.4) is 0 Å². The Morgan fingerprint density at radius 3 is 2.82 bits per heavy atom. The highest BCUT2D eigenvalue weighted by atomic mass is 16.5. The van der Waals surface area contributed by atoms with Crippen molar-refractivity contribution in [2.75, 3.05) is 26.8 Å². The predicted molar refractivity (Wildman–Crippen MR) is 41.4 cm³/mol. The second-order valence-electron chi connectivity index (χ2n) is 3.72. The number of hydrogen-bond donors (Lipinski definition) is 1. The standard InChI is InChI=1S/C8H15NO2/c1-9-4-7(5-10)11-6-8(9)2-3-8/h7,10H,2-6H2,1H3/t7-/m1/s1. The Balaban J connectivity index is 1.94. The molecule has 1 saturated heterocycles. The summed E-state index contributed by atoms with van der Waals surface area (Å²) in [6, 6.07) is 0. The number of ether oxygens (including phenoxy) is 1. The van der Waals surface area contributed by atoms with Crippen LogP contribution >= 0.6 is 0 Å².